The highest BCUT2D eigenvalue weighted by molar-refractivity contribution is 5.65. The number of benzene rings is 1. The SMILES string of the molecule is Nc1cc(-c2nc(N3CCCCCC3)no2)ccc1O. The lowest BCUT2D eigenvalue weighted by atomic mass is 10.2. The second-order valence-corrected chi connectivity index (χ2v) is 5.07. The molecule has 2 aromatic rings. The second kappa shape index (κ2) is 5.40. The Bertz CT molecular complexity index is 589. The van der Waals surface area contributed by atoms with Crippen LogP contribution in [0.15, 0.2) is 22.7 Å². The van der Waals surface area contributed by atoms with E-state index in [0.29, 0.717) is 23.1 Å². The summed E-state index contributed by atoms with van der Waals surface area (Å²) in [5.41, 5.74) is 6.70. The van der Waals surface area contributed by atoms with Crippen molar-refractivity contribution in [1.29, 1.82) is 0 Å². The first-order valence-corrected chi connectivity index (χ1v) is 6.91. The van der Waals surface area contributed by atoms with Crippen molar-refractivity contribution in [3.8, 4) is 17.2 Å². The molecule has 0 radical (unpaired) electrons. The Balaban J connectivity index is 1.83. The van der Waals surface area contributed by atoms with Gasteiger partial charge in [0.05, 0.1) is 5.69 Å². The van der Waals surface area contributed by atoms with Gasteiger partial charge in [-0.05, 0) is 36.2 Å². The van der Waals surface area contributed by atoms with Crippen LogP contribution in [0.4, 0.5) is 11.6 Å². The Kier molecular flexibility index (Phi) is 3.45. The van der Waals surface area contributed by atoms with Crippen LogP contribution in [0, 0.1) is 0 Å². The van der Waals surface area contributed by atoms with Crippen LogP contribution in [0.5, 0.6) is 5.75 Å². The summed E-state index contributed by atoms with van der Waals surface area (Å²) in [5.74, 6) is 1.12. The monoisotopic (exact) mass is 274 g/mol. The number of anilines is 2. The number of nitrogen functional groups attached to an aromatic ring is 1. The van der Waals surface area contributed by atoms with Crippen molar-refractivity contribution in [3.63, 3.8) is 0 Å². The summed E-state index contributed by atoms with van der Waals surface area (Å²) in [5, 5.41) is 13.5. The zero-order valence-electron chi connectivity index (χ0n) is 11.2. The number of hydrogen-bond acceptors (Lipinski definition) is 6. The van der Waals surface area contributed by atoms with Crippen LogP contribution in [0.25, 0.3) is 11.5 Å². The molecule has 0 saturated carbocycles. The van der Waals surface area contributed by atoms with Gasteiger partial charge < -0.3 is 20.3 Å². The van der Waals surface area contributed by atoms with Gasteiger partial charge in [-0.2, -0.15) is 4.98 Å². The Morgan fingerprint density at radius 3 is 2.60 bits per heavy atom. The van der Waals surface area contributed by atoms with Crippen LogP contribution in [0.2, 0.25) is 0 Å². The van der Waals surface area contributed by atoms with Gasteiger partial charge in [0.1, 0.15) is 5.75 Å². The zero-order valence-corrected chi connectivity index (χ0v) is 11.2. The fourth-order valence-electron chi connectivity index (χ4n) is 2.42. The highest BCUT2D eigenvalue weighted by Gasteiger charge is 2.17. The molecule has 1 aliphatic rings. The third-order valence-electron chi connectivity index (χ3n) is 3.58. The molecule has 0 unspecified atom stereocenters. The van der Waals surface area contributed by atoms with Gasteiger partial charge in [-0.25, -0.2) is 0 Å². The van der Waals surface area contributed by atoms with Crippen molar-refractivity contribution in [1.82, 2.24) is 10.1 Å². The molecular weight excluding hydrogens is 256 g/mol. The maximum absolute atomic E-state index is 9.43. The first-order chi connectivity index (χ1) is 9.74. The summed E-state index contributed by atoms with van der Waals surface area (Å²) >= 11 is 0. The minimum absolute atomic E-state index is 0.0565. The van der Waals surface area contributed by atoms with E-state index in [1.165, 1.54) is 18.9 Å². The Labute approximate surface area is 117 Å². The normalized spacial score (nSPS) is 16.1. The summed E-state index contributed by atoms with van der Waals surface area (Å²) in [7, 11) is 0. The molecule has 0 aliphatic carbocycles. The van der Waals surface area contributed by atoms with Gasteiger partial charge in [0.15, 0.2) is 0 Å². The molecule has 1 aromatic carbocycles. The average molecular weight is 274 g/mol. The van der Waals surface area contributed by atoms with Crippen molar-refractivity contribution in [2.75, 3.05) is 23.7 Å². The van der Waals surface area contributed by atoms with Gasteiger partial charge >= 0.3 is 0 Å². The smallest absolute Gasteiger partial charge is 0.266 e. The Hall–Kier alpha value is -2.24. The van der Waals surface area contributed by atoms with Crippen LogP contribution < -0.4 is 10.6 Å². The third-order valence-corrected chi connectivity index (χ3v) is 3.58. The molecular formula is C14H18N4O2. The molecule has 0 spiro atoms. The predicted molar refractivity (Wildman–Crippen MR) is 76.5 cm³/mol. The quantitative estimate of drug-likeness (QED) is 0.645. The second-order valence-electron chi connectivity index (χ2n) is 5.07. The van der Waals surface area contributed by atoms with Crippen molar-refractivity contribution >= 4 is 11.6 Å². The van der Waals surface area contributed by atoms with Crippen LogP contribution in [-0.2, 0) is 0 Å². The molecule has 6 nitrogen and oxygen atoms in total. The van der Waals surface area contributed by atoms with Crippen molar-refractivity contribution in [3.05, 3.63) is 18.2 Å². The summed E-state index contributed by atoms with van der Waals surface area (Å²) in [6.45, 7) is 1.94. The third kappa shape index (κ3) is 2.54. The Morgan fingerprint density at radius 2 is 1.90 bits per heavy atom. The van der Waals surface area contributed by atoms with Crippen LogP contribution in [-0.4, -0.2) is 28.3 Å². The standard InChI is InChI=1S/C14H18N4O2/c15-11-9-10(5-6-12(11)19)13-16-14(17-20-13)18-7-3-1-2-4-8-18/h5-6,9,19H,1-4,7-8,15H2. The Morgan fingerprint density at radius 1 is 1.15 bits per heavy atom. The van der Waals surface area contributed by atoms with E-state index in [0.717, 1.165) is 25.9 Å². The lowest BCUT2D eigenvalue weighted by Gasteiger charge is -2.16. The first-order valence-electron chi connectivity index (χ1n) is 6.91. The van der Waals surface area contributed by atoms with E-state index in [1.54, 1.807) is 12.1 Å². The summed E-state index contributed by atoms with van der Waals surface area (Å²) in [6, 6.07) is 4.88. The highest BCUT2D eigenvalue weighted by Crippen LogP contribution is 2.28. The molecule has 1 aromatic heterocycles. The molecule has 3 N–H and O–H groups in total. The summed E-state index contributed by atoms with van der Waals surface area (Å²) < 4.78 is 5.30. The number of aromatic nitrogens is 2. The molecule has 1 fully saturated rings. The molecule has 1 saturated heterocycles. The summed E-state index contributed by atoms with van der Waals surface area (Å²) in [4.78, 5) is 6.58. The van der Waals surface area contributed by atoms with Gasteiger partial charge in [0.25, 0.3) is 11.8 Å². The molecule has 106 valence electrons. The number of nitrogens with two attached hydrogens (primary N) is 1. The lowest BCUT2D eigenvalue weighted by Crippen LogP contribution is -2.24. The summed E-state index contributed by atoms with van der Waals surface area (Å²) in [6.07, 6.45) is 4.84. The maximum atomic E-state index is 9.43. The van der Waals surface area contributed by atoms with E-state index in [1.807, 2.05) is 0 Å². The fraction of sp³-hybridized carbons (Fsp3) is 0.429. The number of rotatable bonds is 2. The average Bonchev–Trinajstić information content (AvgIpc) is 2.78. The number of aromatic hydroxyl groups is 1. The molecule has 1 aliphatic heterocycles. The van der Waals surface area contributed by atoms with Gasteiger partial charge in [-0.15, -0.1) is 0 Å². The number of phenols is 1. The van der Waals surface area contributed by atoms with Crippen LogP contribution in [0.3, 0.4) is 0 Å². The van der Waals surface area contributed by atoms with Crippen molar-refractivity contribution in [2.24, 2.45) is 0 Å². The molecule has 0 amide bonds. The van der Waals surface area contributed by atoms with E-state index in [4.69, 9.17) is 10.3 Å². The molecule has 6 heteroatoms. The molecule has 20 heavy (non-hydrogen) atoms. The molecule has 3 rings (SSSR count). The van der Waals surface area contributed by atoms with E-state index in [2.05, 4.69) is 15.0 Å². The molecule has 0 atom stereocenters. The number of nitrogens with zero attached hydrogens (tertiary/aromatic N) is 3. The topological polar surface area (TPSA) is 88.4 Å². The van der Waals surface area contributed by atoms with Gasteiger partial charge in [-0.3, -0.25) is 0 Å². The van der Waals surface area contributed by atoms with Crippen LogP contribution >= 0.6 is 0 Å². The van der Waals surface area contributed by atoms with Gasteiger partial charge in [-0.1, -0.05) is 12.8 Å². The van der Waals surface area contributed by atoms with E-state index in [9.17, 15) is 5.11 Å². The molecule has 0 bridgehead atoms. The van der Waals surface area contributed by atoms with E-state index in [-0.39, 0.29) is 5.75 Å². The van der Waals surface area contributed by atoms with Gasteiger partial charge in [0, 0.05) is 18.7 Å². The van der Waals surface area contributed by atoms with E-state index >= 15 is 0 Å². The number of hydrogen-bond donors (Lipinski definition) is 2. The zero-order chi connectivity index (χ0) is 13.9. The van der Waals surface area contributed by atoms with Crippen molar-refractivity contribution < 1.29 is 9.63 Å². The van der Waals surface area contributed by atoms with Gasteiger partial charge in [0.2, 0.25) is 0 Å². The minimum Gasteiger partial charge on any atom is -0.506 e. The van der Waals surface area contributed by atoms with Crippen molar-refractivity contribution in [2.45, 2.75) is 25.7 Å². The lowest BCUT2D eigenvalue weighted by molar-refractivity contribution is 0.429. The van der Waals surface area contributed by atoms with Crippen LogP contribution in [0.1, 0.15) is 25.7 Å². The minimum atomic E-state index is 0.0565. The largest absolute Gasteiger partial charge is 0.506 e. The number of phenolic OH excluding ortho intramolecular Hbond substituents is 1. The predicted octanol–water partition coefficient (Wildman–Crippen LogP) is 2.40. The first kappa shape index (κ1) is 12.8. The fourth-order valence-corrected chi connectivity index (χ4v) is 2.42. The highest BCUT2D eigenvalue weighted by atomic mass is 16.5. The van der Waals surface area contributed by atoms with E-state index < -0.39 is 0 Å². The molecule has 2 heterocycles. The maximum Gasteiger partial charge on any atom is 0.266 e.